The Hall–Kier alpha value is -2.33. The first-order valence-electron chi connectivity index (χ1n) is 9.94. The highest BCUT2D eigenvalue weighted by atomic mass is 32.1. The summed E-state index contributed by atoms with van der Waals surface area (Å²) in [6.45, 7) is 3.96. The van der Waals surface area contributed by atoms with Gasteiger partial charge in [0.2, 0.25) is 0 Å². The number of carbonyl (C=O) groups is 1. The number of halogens is 3. The van der Waals surface area contributed by atoms with Gasteiger partial charge >= 0.3 is 12.2 Å². The van der Waals surface area contributed by atoms with Crippen LogP contribution in [-0.4, -0.2) is 48.6 Å². The Morgan fingerprint density at radius 1 is 1.17 bits per heavy atom. The van der Waals surface area contributed by atoms with Crippen molar-refractivity contribution < 1.29 is 18.0 Å². The van der Waals surface area contributed by atoms with Gasteiger partial charge < -0.3 is 16.0 Å². The fourth-order valence-electron chi connectivity index (χ4n) is 3.40. The maximum absolute atomic E-state index is 12.9. The molecule has 6 nitrogen and oxygen atoms in total. The smallest absolute Gasteiger partial charge is 0.368 e. The Morgan fingerprint density at radius 3 is 2.67 bits per heavy atom. The predicted molar refractivity (Wildman–Crippen MR) is 111 cm³/mol. The summed E-state index contributed by atoms with van der Waals surface area (Å²) >= 11 is 1.77. The Morgan fingerprint density at radius 2 is 1.97 bits per heavy atom. The molecule has 164 valence electrons. The van der Waals surface area contributed by atoms with Crippen molar-refractivity contribution in [1.82, 2.24) is 20.5 Å². The number of alkyl halides is 3. The monoisotopic (exact) mass is 441 g/mol. The lowest BCUT2D eigenvalue weighted by Gasteiger charge is -2.31. The van der Waals surface area contributed by atoms with Gasteiger partial charge in [-0.1, -0.05) is 6.07 Å². The number of amides is 2. The minimum atomic E-state index is -4.47. The minimum Gasteiger partial charge on any atom is -0.368 e. The van der Waals surface area contributed by atoms with Crippen molar-refractivity contribution in [2.45, 2.75) is 25.6 Å². The number of aromatic nitrogens is 1. The number of nitrogens with one attached hydrogen (secondary N) is 3. The highest BCUT2D eigenvalue weighted by Crippen LogP contribution is 2.33. The molecule has 2 amide bonds. The zero-order chi connectivity index (χ0) is 21.4. The third-order valence-electron chi connectivity index (χ3n) is 5.03. The molecule has 0 radical (unpaired) electrons. The Labute approximate surface area is 177 Å². The molecule has 2 aromatic rings. The number of pyridine rings is 1. The van der Waals surface area contributed by atoms with Gasteiger partial charge in [0.25, 0.3) is 0 Å². The number of piperidine rings is 1. The van der Waals surface area contributed by atoms with Crippen molar-refractivity contribution >= 4 is 23.2 Å². The van der Waals surface area contributed by atoms with E-state index in [2.05, 4.69) is 43.3 Å². The van der Waals surface area contributed by atoms with E-state index in [1.807, 2.05) is 0 Å². The van der Waals surface area contributed by atoms with E-state index in [0.717, 1.165) is 38.5 Å². The van der Waals surface area contributed by atoms with Crippen LogP contribution in [0, 0.1) is 5.92 Å². The largest absolute Gasteiger partial charge is 0.419 e. The number of urea groups is 1. The van der Waals surface area contributed by atoms with Gasteiger partial charge in [-0.05, 0) is 55.4 Å². The Kier molecular flexibility index (Phi) is 7.92. The number of hydrogen-bond donors (Lipinski definition) is 3. The molecule has 30 heavy (non-hydrogen) atoms. The molecule has 3 heterocycles. The normalized spacial score (nSPS) is 15.7. The molecule has 0 aromatic carbocycles. The van der Waals surface area contributed by atoms with Crippen LogP contribution < -0.4 is 16.0 Å². The van der Waals surface area contributed by atoms with Gasteiger partial charge in [-0.25, -0.2) is 9.78 Å². The van der Waals surface area contributed by atoms with Crippen molar-refractivity contribution in [2.75, 3.05) is 38.0 Å². The SMILES string of the molecule is O=C(NCCNc1ncccc1C(F)(F)F)NCC1CCN(Cc2cccs2)CC1. The van der Waals surface area contributed by atoms with Gasteiger partial charge in [0, 0.05) is 37.3 Å². The molecule has 0 atom stereocenters. The molecule has 3 rings (SSSR count). The van der Waals surface area contributed by atoms with Crippen molar-refractivity contribution in [1.29, 1.82) is 0 Å². The molecule has 0 unspecified atom stereocenters. The number of nitrogens with zero attached hydrogens (tertiary/aromatic N) is 2. The maximum Gasteiger partial charge on any atom is 0.419 e. The summed E-state index contributed by atoms with van der Waals surface area (Å²) in [5, 5.41) is 10.2. The first-order chi connectivity index (χ1) is 14.4. The summed E-state index contributed by atoms with van der Waals surface area (Å²) in [6.07, 6.45) is -1.11. The fraction of sp³-hybridized carbons (Fsp3) is 0.500. The van der Waals surface area contributed by atoms with Gasteiger partial charge in [0.05, 0.1) is 5.56 Å². The van der Waals surface area contributed by atoms with Crippen LogP contribution >= 0.6 is 11.3 Å². The first kappa shape index (κ1) is 22.4. The fourth-order valence-corrected chi connectivity index (χ4v) is 4.15. The number of thiophene rings is 1. The average Bonchev–Trinajstić information content (AvgIpc) is 3.23. The van der Waals surface area contributed by atoms with E-state index in [9.17, 15) is 18.0 Å². The number of likely N-dealkylation sites (tertiary alicyclic amines) is 1. The average molecular weight is 442 g/mol. The van der Waals surface area contributed by atoms with E-state index in [0.29, 0.717) is 12.5 Å². The second-order valence-corrected chi connectivity index (χ2v) is 8.29. The van der Waals surface area contributed by atoms with Crippen molar-refractivity contribution in [3.63, 3.8) is 0 Å². The molecule has 0 spiro atoms. The van der Waals surface area contributed by atoms with Crippen LogP contribution in [0.5, 0.6) is 0 Å². The van der Waals surface area contributed by atoms with E-state index in [1.165, 1.54) is 17.1 Å². The quantitative estimate of drug-likeness (QED) is 0.546. The molecule has 3 N–H and O–H groups in total. The van der Waals surface area contributed by atoms with E-state index in [4.69, 9.17) is 0 Å². The van der Waals surface area contributed by atoms with E-state index in [1.54, 1.807) is 11.3 Å². The molecule has 0 bridgehead atoms. The highest BCUT2D eigenvalue weighted by molar-refractivity contribution is 7.09. The molecule has 10 heteroatoms. The molecule has 1 fully saturated rings. The molecular formula is C20H26F3N5OS. The van der Waals surface area contributed by atoms with Crippen LogP contribution in [0.1, 0.15) is 23.3 Å². The van der Waals surface area contributed by atoms with E-state index < -0.39 is 11.7 Å². The molecule has 2 aromatic heterocycles. The third kappa shape index (κ3) is 6.88. The molecule has 0 aliphatic carbocycles. The highest BCUT2D eigenvalue weighted by Gasteiger charge is 2.33. The molecule has 1 aliphatic rings. The Balaban J connectivity index is 1.29. The van der Waals surface area contributed by atoms with E-state index in [-0.39, 0.29) is 24.9 Å². The van der Waals surface area contributed by atoms with Gasteiger partial charge in [-0.3, -0.25) is 4.90 Å². The maximum atomic E-state index is 12.9. The first-order valence-corrected chi connectivity index (χ1v) is 10.8. The van der Waals surface area contributed by atoms with Gasteiger partial charge in [0.15, 0.2) is 0 Å². The summed E-state index contributed by atoms with van der Waals surface area (Å²) < 4.78 is 38.8. The number of anilines is 1. The van der Waals surface area contributed by atoms with Crippen molar-refractivity contribution in [2.24, 2.45) is 5.92 Å². The summed E-state index contributed by atoms with van der Waals surface area (Å²) in [5.41, 5.74) is -0.820. The number of carbonyl (C=O) groups excluding carboxylic acids is 1. The number of rotatable bonds is 8. The molecule has 1 saturated heterocycles. The van der Waals surface area contributed by atoms with Crippen LogP contribution in [0.2, 0.25) is 0 Å². The minimum absolute atomic E-state index is 0.147. The predicted octanol–water partition coefficient (Wildman–Crippen LogP) is 3.79. The van der Waals surface area contributed by atoms with E-state index >= 15 is 0 Å². The summed E-state index contributed by atoms with van der Waals surface area (Å²) in [5.74, 6) is 0.206. The van der Waals surface area contributed by atoms with Gasteiger partial charge in [-0.15, -0.1) is 11.3 Å². The van der Waals surface area contributed by atoms with Crippen LogP contribution in [0.3, 0.4) is 0 Å². The van der Waals surface area contributed by atoms with Gasteiger partial charge in [-0.2, -0.15) is 13.2 Å². The lowest BCUT2D eigenvalue weighted by molar-refractivity contribution is -0.137. The number of hydrogen-bond acceptors (Lipinski definition) is 5. The van der Waals surface area contributed by atoms with Crippen LogP contribution in [0.25, 0.3) is 0 Å². The zero-order valence-electron chi connectivity index (χ0n) is 16.5. The summed E-state index contributed by atoms with van der Waals surface area (Å²) in [7, 11) is 0. The second-order valence-electron chi connectivity index (χ2n) is 7.26. The molecule has 1 aliphatic heterocycles. The second kappa shape index (κ2) is 10.6. The van der Waals surface area contributed by atoms with Crippen LogP contribution in [0.15, 0.2) is 35.8 Å². The topological polar surface area (TPSA) is 69.3 Å². The third-order valence-corrected chi connectivity index (χ3v) is 5.90. The lowest BCUT2D eigenvalue weighted by Crippen LogP contribution is -2.42. The standard InChI is InChI=1S/C20H26F3N5OS/c21-20(22,23)17-4-1-7-24-18(17)25-8-9-26-19(29)27-13-15-5-10-28(11-6-15)14-16-3-2-12-30-16/h1-4,7,12,15H,5-6,8-11,13-14H2,(H,24,25)(H2,26,27,29). The Bertz CT molecular complexity index is 792. The molecular weight excluding hydrogens is 415 g/mol. The lowest BCUT2D eigenvalue weighted by atomic mass is 9.97. The van der Waals surface area contributed by atoms with Crippen molar-refractivity contribution in [3.8, 4) is 0 Å². The van der Waals surface area contributed by atoms with Gasteiger partial charge in [0.1, 0.15) is 5.82 Å². The summed E-state index contributed by atoms with van der Waals surface area (Å²) in [6, 6.07) is 6.12. The van der Waals surface area contributed by atoms with Crippen molar-refractivity contribution in [3.05, 3.63) is 46.3 Å². The van der Waals surface area contributed by atoms with Crippen LogP contribution in [0.4, 0.5) is 23.8 Å². The zero-order valence-corrected chi connectivity index (χ0v) is 17.4. The summed E-state index contributed by atoms with van der Waals surface area (Å²) in [4.78, 5) is 19.5. The molecule has 0 saturated carbocycles. The van der Waals surface area contributed by atoms with Crippen LogP contribution in [-0.2, 0) is 12.7 Å².